The van der Waals surface area contributed by atoms with Crippen molar-refractivity contribution in [1.29, 1.82) is 0 Å². The summed E-state index contributed by atoms with van der Waals surface area (Å²) in [6.07, 6.45) is 9.07. The van der Waals surface area contributed by atoms with Crippen molar-refractivity contribution in [3.8, 4) is 5.75 Å². The van der Waals surface area contributed by atoms with Gasteiger partial charge in [0.15, 0.2) is 0 Å². The number of fused-ring (bicyclic) bond motifs is 1. The lowest BCUT2D eigenvalue weighted by molar-refractivity contribution is -0.759. The van der Waals surface area contributed by atoms with Gasteiger partial charge in [0.1, 0.15) is 12.4 Å². The highest BCUT2D eigenvalue weighted by Gasteiger charge is 2.52. The largest absolute Gasteiger partial charge is 0.491 e. The molecule has 2 N–H and O–H groups in total. The van der Waals surface area contributed by atoms with Crippen LogP contribution in [0.4, 0.5) is 0 Å². The molecule has 1 saturated heterocycles. The van der Waals surface area contributed by atoms with Gasteiger partial charge in [-0.25, -0.2) is 5.21 Å². The van der Waals surface area contributed by atoms with Crippen molar-refractivity contribution in [2.45, 2.75) is 77.5 Å². The van der Waals surface area contributed by atoms with Crippen molar-refractivity contribution in [1.82, 2.24) is 10.2 Å². The zero-order valence-electron chi connectivity index (χ0n) is 21.9. The molecule has 1 aliphatic heterocycles. The zero-order chi connectivity index (χ0) is 25.8. The van der Waals surface area contributed by atoms with Gasteiger partial charge in [-0.1, -0.05) is 25.1 Å². The number of carbonyl (C=O) groups excluding carboxylic acids is 1. The van der Waals surface area contributed by atoms with Crippen molar-refractivity contribution in [2.75, 3.05) is 20.3 Å². The van der Waals surface area contributed by atoms with E-state index in [1.54, 1.807) is 19.3 Å². The molecule has 0 spiro atoms. The number of nitrogens with zero attached hydrogens (tertiary/aromatic N) is 2. The summed E-state index contributed by atoms with van der Waals surface area (Å²) < 4.78 is 11.0. The van der Waals surface area contributed by atoms with E-state index in [1.807, 2.05) is 6.08 Å². The van der Waals surface area contributed by atoms with E-state index >= 15 is 0 Å². The molecule has 2 fully saturated rings. The Morgan fingerprint density at radius 1 is 1.22 bits per heavy atom. The number of amides is 1. The Kier molecular flexibility index (Phi) is 8.46. The van der Waals surface area contributed by atoms with Crippen LogP contribution in [0.5, 0.6) is 5.75 Å². The number of carbonyl (C=O) groups is 1. The number of hydrogen-bond acceptors (Lipinski definition) is 5. The Hall–Kier alpha value is -2.71. The van der Waals surface area contributed by atoms with E-state index in [2.05, 4.69) is 43.1 Å². The first-order chi connectivity index (χ1) is 17.3. The number of methoxy groups -OCH3 is 1. The molecule has 1 aromatic rings. The van der Waals surface area contributed by atoms with Gasteiger partial charge in [-0.3, -0.25) is 9.69 Å². The summed E-state index contributed by atoms with van der Waals surface area (Å²) in [5.41, 5.74) is 4.02. The van der Waals surface area contributed by atoms with Crippen LogP contribution >= 0.6 is 0 Å². The van der Waals surface area contributed by atoms with Crippen LogP contribution in [0.15, 0.2) is 36.1 Å². The standard InChI is InChI=1S/C28H39N3O5/c1-5-24-23-15-22(29-28(32)14-20-8-6-7-9-25(20)31(33)34)16-26(23)30(24)17-21-10-11-27(19(3)18(21)2)36-13-12-35-4/h6-7,9-11,20,22-24,26H,5,8,12-17H2,1-4H3,(H-,29,32,33,34)/p+1. The summed E-state index contributed by atoms with van der Waals surface area (Å²) >= 11 is 0. The van der Waals surface area contributed by atoms with Crippen molar-refractivity contribution in [3.63, 3.8) is 0 Å². The molecule has 0 bridgehead atoms. The number of ether oxygens (including phenoxy) is 2. The Labute approximate surface area is 213 Å². The minimum absolute atomic E-state index is 0.0514. The fraction of sp³-hybridized carbons (Fsp3) is 0.607. The number of hydrogen-bond donors (Lipinski definition) is 2. The molecule has 5 atom stereocenters. The van der Waals surface area contributed by atoms with Crippen LogP contribution < -0.4 is 10.1 Å². The van der Waals surface area contributed by atoms with E-state index < -0.39 is 0 Å². The number of rotatable bonds is 11. The van der Waals surface area contributed by atoms with Crippen molar-refractivity contribution >= 4 is 5.91 Å². The second kappa shape index (κ2) is 11.6. The van der Waals surface area contributed by atoms with Crippen molar-refractivity contribution in [2.24, 2.45) is 11.8 Å². The third-order valence-electron chi connectivity index (χ3n) is 8.35. The average molecular weight is 499 g/mol. The van der Waals surface area contributed by atoms with Gasteiger partial charge in [-0.15, -0.1) is 0 Å². The Morgan fingerprint density at radius 3 is 2.75 bits per heavy atom. The SMILES string of the molecule is CCC1C2CC(NC(=O)CC3CC=CC=C3[N+](=O)O)CC2N1Cc1ccc(OCCOC)c(C)c1C. The van der Waals surface area contributed by atoms with E-state index in [0.717, 1.165) is 31.6 Å². The first-order valence-corrected chi connectivity index (χ1v) is 13.1. The minimum atomic E-state index is -0.289. The zero-order valence-corrected chi connectivity index (χ0v) is 21.9. The molecule has 8 heteroatoms. The topological polar surface area (TPSA) is 91.1 Å². The average Bonchev–Trinajstić information content (AvgIpc) is 3.20. The van der Waals surface area contributed by atoms with Crippen LogP contribution in [0.25, 0.3) is 0 Å². The molecule has 1 heterocycles. The second-order valence-electron chi connectivity index (χ2n) is 10.4. The maximum absolute atomic E-state index is 12.8. The van der Waals surface area contributed by atoms with Gasteiger partial charge >= 0.3 is 0 Å². The van der Waals surface area contributed by atoms with Crippen LogP contribution in [-0.4, -0.2) is 59.4 Å². The number of benzene rings is 1. The lowest BCUT2D eigenvalue weighted by atomic mass is 9.80. The normalized spacial score (nSPS) is 27.2. The van der Waals surface area contributed by atoms with Crippen LogP contribution in [0.3, 0.4) is 0 Å². The van der Waals surface area contributed by atoms with Gasteiger partial charge in [-0.2, -0.15) is 0 Å². The van der Waals surface area contributed by atoms with Gasteiger partial charge in [0.25, 0.3) is 10.6 Å². The molecular weight excluding hydrogens is 458 g/mol. The quantitative estimate of drug-likeness (QED) is 0.351. The molecule has 36 heavy (non-hydrogen) atoms. The fourth-order valence-electron chi connectivity index (χ4n) is 6.32. The summed E-state index contributed by atoms with van der Waals surface area (Å²) in [4.78, 5) is 26.7. The summed E-state index contributed by atoms with van der Waals surface area (Å²) in [5, 5.41) is 12.6. The predicted octanol–water partition coefficient (Wildman–Crippen LogP) is 4.20. The predicted molar refractivity (Wildman–Crippen MR) is 137 cm³/mol. The van der Waals surface area contributed by atoms with Gasteiger partial charge in [-0.05, 0) is 68.2 Å². The Bertz CT molecular complexity index is 1040. The van der Waals surface area contributed by atoms with E-state index in [1.165, 1.54) is 16.7 Å². The highest BCUT2D eigenvalue weighted by Crippen LogP contribution is 2.47. The first-order valence-electron chi connectivity index (χ1n) is 13.1. The third-order valence-corrected chi connectivity index (χ3v) is 8.35. The minimum Gasteiger partial charge on any atom is -0.491 e. The van der Waals surface area contributed by atoms with E-state index in [-0.39, 0.29) is 34.9 Å². The summed E-state index contributed by atoms with van der Waals surface area (Å²) in [7, 11) is 1.67. The van der Waals surface area contributed by atoms with Crippen LogP contribution in [-0.2, 0) is 16.1 Å². The Morgan fingerprint density at radius 2 is 2.03 bits per heavy atom. The summed E-state index contributed by atoms with van der Waals surface area (Å²) in [5.74, 6) is 1.17. The second-order valence-corrected chi connectivity index (χ2v) is 10.4. The van der Waals surface area contributed by atoms with Crippen LogP contribution in [0.1, 0.15) is 55.7 Å². The molecule has 5 unspecified atom stereocenters. The highest BCUT2D eigenvalue weighted by molar-refractivity contribution is 5.77. The summed E-state index contributed by atoms with van der Waals surface area (Å²) in [6, 6.07) is 5.40. The van der Waals surface area contributed by atoms with Crippen molar-refractivity contribution in [3.05, 3.63) is 57.7 Å². The van der Waals surface area contributed by atoms with Crippen LogP contribution in [0, 0.1) is 30.6 Å². The molecule has 8 nitrogen and oxygen atoms in total. The fourth-order valence-corrected chi connectivity index (χ4v) is 6.32. The number of nitrogens with one attached hydrogen (secondary N) is 1. The lowest BCUT2D eigenvalue weighted by Crippen LogP contribution is -2.60. The maximum atomic E-state index is 12.8. The summed E-state index contributed by atoms with van der Waals surface area (Å²) in [6.45, 7) is 8.55. The lowest BCUT2D eigenvalue weighted by Gasteiger charge is -2.52. The van der Waals surface area contributed by atoms with Crippen molar-refractivity contribution < 1.29 is 24.4 Å². The number of likely N-dealkylation sites (tertiary alicyclic amines) is 1. The molecule has 4 rings (SSSR count). The molecule has 3 aliphatic rings. The molecular formula is C28H40N3O5+. The molecule has 1 saturated carbocycles. The third kappa shape index (κ3) is 5.49. The monoisotopic (exact) mass is 498 g/mol. The van der Waals surface area contributed by atoms with Gasteiger partial charge in [0.05, 0.1) is 17.4 Å². The van der Waals surface area contributed by atoms with E-state index in [4.69, 9.17) is 9.47 Å². The molecule has 0 aromatic heterocycles. The van der Waals surface area contributed by atoms with E-state index in [9.17, 15) is 14.9 Å². The van der Waals surface area contributed by atoms with Gasteiger partial charge in [0, 0.05) is 44.3 Å². The highest BCUT2D eigenvalue weighted by atomic mass is 16.6. The molecule has 196 valence electrons. The van der Waals surface area contributed by atoms with Gasteiger partial charge in [0.2, 0.25) is 5.91 Å². The molecule has 1 amide bonds. The Balaban J connectivity index is 1.35. The first kappa shape index (κ1) is 26.4. The molecule has 0 radical (unpaired) electrons. The van der Waals surface area contributed by atoms with Crippen LogP contribution in [0.2, 0.25) is 0 Å². The maximum Gasteiger partial charge on any atom is 0.297 e. The van der Waals surface area contributed by atoms with Gasteiger partial charge < -0.3 is 14.8 Å². The van der Waals surface area contributed by atoms with E-state index in [0.29, 0.717) is 37.6 Å². The number of allylic oxidation sites excluding steroid dienone is 4. The molecule has 2 aliphatic carbocycles. The molecule has 1 aromatic carbocycles. The smallest absolute Gasteiger partial charge is 0.297 e.